The lowest BCUT2D eigenvalue weighted by atomic mass is 10.0. The summed E-state index contributed by atoms with van der Waals surface area (Å²) in [7, 11) is 0. The Hall–Kier alpha value is -3.38. The van der Waals surface area contributed by atoms with Crippen molar-refractivity contribution >= 4 is 21.5 Å². The van der Waals surface area contributed by atoms with E-state index in [0.717, 1.165) is 0 Å². The second-order valence-corrected chi connectivity index (χ2v) is 7.05. The zero-order valence-corrected chi connectivity index (χ0v) is 15.3. The van der Waals surface area contributed by atoms with Gasteiger partial charge in [0.05, 0.1) is 0 Å². The van der Waals surface area contributed by atoms with E-state index in [1.54, 1.807) is 0 Å². The minimum absolute atomic E-state index is 1.33. The molecule has 0 radical (unpaired) electrons. The fraction of sp³-hybridized carbons (Fsp3) is 0.0370. The molecule has 1 aliphatic rings. The molecule has 27 heavy (non-hydrogen) atoms. The molecule has 128 valence electrons. The maximum Gasteiger partial charge on any atom is -0.00264 e. The molecule has 0 bridgehead atoms. The third kappa shape index (κ3) is 2.62. The van der Waals surface area contributed by atoms with E-state index in [2.05, 4.69) is 110 Å². The molecule has 5 aromatic carbocycles. The minimum Gasteiger partial charge on any atom is -0.0616 e. The predicted octanol–water partition coefficient (Wildman–Crippen LogP) is 7.64. The highest BCUT2D eigenvalue weighted by atomic mass is 14.2. The van der Waals surface area contributed by atoms with Crippen molar-refractivity contribution in [3.63, 3.8) is 0 Å². The molecule has 0 saturated carbocycles. The van der Waals surface area contributed by atoms with Crippen LogP contribution in [0.15, 0.2) is 103 Å². The van der Waals surface area contributed by atoms with Crippen molar-refractivity contribution in [2.45, 2.75) is 6.92 Å². The van der Waals surface area contributed by atoms with Crippen molar-refractivity contribution < 1.29 is 0 Å². The normalized spacial score (nSPS) is 11.1. The molecule has 0 aromatic heterocycles. The minimum atomic E-state index is 1.33. The highest BCUT2D eigenvalue weighted by Crippen LogP contribution is 2.46. The molecular formula is C27H20. The Labute approximate surface area is 159 Å². The Kier molecular flexibility index (Phi) is 3.76. The van der Waals surface area contributed by atoms with E-state index in [-0.39, 0.29) is 0 Å². The molecule has 1 aliphatic carbocycles. The van der Waals surface area contributed by atoms with Crippen molar-refractivity contribution in [2.75, 3.05) is 0 Å². The molecule has 0 fully saturated rings. The standard InChI is InChI=1S/C16H10.C11H10/c1-2-8-13-12(7-1)14-9-3-5-11-6-4-10-15(13)16(11)14;1-9-5-4-7-10-6-2-3-8-11(9)10/h1-10H;2-8H,1H3. The van der Waals surface area contributed by atoms with E-state index in [9.17, 15) is 0 Å². The third-order valence-corrected chi connectivity index (χ3v) is 5.42. The lowest BCUT2D eigenvalue weighted by Gasteiger charge is -2.00. The van der Waals surface area contributed by atoms with Crippen LogP contribution < -0.4 is 0 Å². The van der Waals surface area contributed by atoms with Gasteiger partial charge in [0.15, 0.2) is 0 Å². The molecule has 0 unspecified atom stereocenters. The van der Waals surface area contributed by atoms with Crippen LogP contribution in [-0.2, 0) is 0 Å². The second kappa shape index (κ2) is 6.41. The first-order valence-corrected chi connectivity index (χ1v) is 9.39. The molecule has 0 atom stereocenters. The summed E-state index contributed by atoms with van der Waals surface area (Å²) >= 11 is 0. The van der Waals surface area contributed by atoms with E-state index >= 15 is 0 Å². The van der Waals surface area contributed by atoms with E-state index in [1.165, 1.54) is 49.4 Å². The van der Waals surface area contributed by atoms with Gasteiger partial charge in [0.2, 0.25) is 0 Å². The summed E-state index contributed by atoms with van der Waals surface area (Å²) in [6.07, 6.45) is 0. The maximum atomic E-state index is 2.22. The van der Waals surface area contributed by atoms with Crippen LogP contribution in [0.5, 0.6) is 0 Å². The number of benzene rings is 5. The molecule has 0 amide bonds. The molecule has 6 rings (SSSR count). The number of hydrogen-bond donors (Lipinski definition) is 0. The lowest BCUT2D eigenvalue weighted by Crippen LogP contribution is -1.75. The monoisotopic (exact) mass is 344 g/mol. The van der Waals surface area contributed by atoms with Gasteiger partial charge in [-0.3, -0.25) is 0 Å². The molecule has 0 heteroatoms. The lowest BCUT2D eigenvalue weighted by molar-refractivity contribution is 1.53. The van der Waals surface area contributed by atoms with Gasteiger partial charge in [0, 0.05) is 0 Å². The number of aryl methyl sites for hydroxylation is 1. The molecular weight excluding hydrogens is 324 g/mol. The Morgan fingerprint density at radius 2 is 0.889 bits per heavy atom. The molecule has 0 aliphatic heterocycles. The summed E-state index contributed by atoms with van der Waals surface area (Å²) in [6.45, 7) is 2.14. The molecule has 0 saturated heterocycles. The molecule has 0 heterocycles. The van der Waals surface area contributed by atoms with Crippen LogP contribution in [0.1, 0.15) is 5.56 Å². The third-order valence-electron chi connectivity index (χ3n) is 5.42. The van der Waals surface area contributed by atoms with Crippen molar-refractivity contribution in [1.29, 1.82) is 0 Å². The Morgan fingerprint density at radius 3 is 1.56 bits per heavy atom. The highest BCUT2D eigenvalue weighted by molar-refractivity contribution is 6.15. The number of fused-ring (bicyclic) bond motifs is 4. The largest absolute Gasteiger partial charge is 0.0616 e. The predicted molar refractivity (Wildman–Crippen MR) is 117 cm³/mol. The van der Waals surface area contributed by atoms with Gasteiger partial charge >= 0.3 is 0 Å². The van der Waals surface area contributed by atoms with E-state index in [1.807, 2.05) is 0 Å². The van der Waals surface area contributed by atoms with Crippen LogP contribution >= 0.6 is 0 Å². The van der Waals surface area contributed by atoms with Crippen LogP contribution in [0.4, 0.5) is 0 Å². The van der Waals surface area contributed by atoms with Crippen LogP contribution in [0, 0.1) is 6.92 Å². The van der Waals surface area contributed by atoms with Gasteiger partial charge in [0.25, 0.3) is 0 Å². The molecule has 0 N–H and O–H groups in total. The fourth-order valence-electron chi connectivity index (χ4n) is 4.13. The van der Waals surface area contributed by atoms with Gasteiger partial charge in [-0.2, -0.15) is 0 Å². The average Bonchev–Trinajstić information content (AvgIpc) is 3.06. The zero-order chi connectivity index (χ0) is 18.2. The Morgan fingerprint density at radius 1 is 0.407 bits per heavy atom. The van der Waals surface area contributed by atoms with Crippen molar-refractivity contribution in [3.8, 4) is 22.3 Å². The summed E-state index contributed by atoms with van der Waals surface area (Å²) in [4.78, 5) is 0. The highest BCUT2D eigenvalue weighted by Gasteiger charge is 2.19. The summed E-state index contributed by atoms with van der Waals surface area (Å²) in [5.41, 5.74) is 6.85. The van der Waals surface area contributed by atoms with Crippen molar-refractivity contribution in [3.05, 3.63) is 109 Å². The zero-order valence-electron chi connectivity index (χ0n) is 15.3. The maximum absolute atomic E-state index is 2.22. The molecule has 0 spiro atoms. The van der Waals surface area contributed by atoms with Gasteiger partial charge in [0.1, 0.15) is 0 Å². The van der Waals surface area contributed by atoms with Gasteiger partial charge < -0.3 is 0 Å². The summed E-state index contributed by atoms with van der Waals surface area (Å²) in [5.74, 6) is 0. The fourth-order valence-corrected chi connectivity index (χ4v) is 4.13. The molecule has 5 aromatic rings. The SMILES string of the molecule is Cc1cccc2ccccc12.c1ccc2c(c1)-c1cccc3cccc-2c13. The van der Waals surface area contributed by atoms with Crippen molar-refractivity contribution in [2.24, 2.45) is 0 Å². The first-order valence-electron chi connectivity index (χ1n) is 9.39. The Bertz CT molecular complexity index is 1210. The van der Waals surface area contributed by atoms with Gasteiger partial charge in [-0.25, -0.2) is 0 Å². The Balaban J connectivity index is 0.000000128. The molecule has 0 nitrogen and oxygen atoms in total. The van der Waals surface area contributed by atoms with Gasteiger partial charge in [-0.05, 0) is 56.3 Å². The van der Waals surface area contributed by atoms with E-state index < -0.39 is 0 Å². The van der Waals surface area contributed by atoms with E-state index in [0.29, 0.717) is 0 Å². The average molecular weight is 344 g/mol. The topological polar surface area (TPSA) is 0 Å². The summed E-state index contributed by atoms with van der Waals surface area (Å²) in [6, 6.07) is 36.6. The first-order chi connectivity index (χ1) is 13.3. The smallest absolute Gasteiger partial charge is 0.00264 e. The van der Waals surface area contributed by atoms with Crippen LogP contribution in [0.25, 0.3) is 43.8 Å². The summed E-state index contributed by atoms with van der Waals surface area (Å²) < 4.78 is 0. The van der Waals surface area contributed by atoms with Crippen LogP contribution in [0.2, 0.25) is 0 Å². The van der Waals surface area contributed by atoms with E-state index in [4.69, 9.17) is 0 Å². The van der Waals surface area contributed by atoms with Crippen molar-refractivity contribution in [1.82, 2.24) is 0 Å². The van der Waals surface area contributed by atoms with Crippen LogP contribution in [0.3, 0.4) is 0 Å². The second-order valence-electron chi connectivity index (χ2n) is 7.05. The number of hydrogen-bond acceptors (Lipinski definition) is 0. The number of rotatable bonds is 0. The quantitative estimate of drug-likeness (QED) is 0.266. The van der Waals surface area contributed by atoms with Crippen LogP contribution in [-0.4, -0.2) is 0 Å². The van der Waals surface area contributed by atoms with Gasteiger partial charge in [-0.15, -0.1) is 0 Å². The van der Waals surface area contributed by atoms with Gasteiger partial charge in [-0.1, -0.05) is 103 Å². The summed E-state index contributed by atoms with van der Waals surface area (Å²) in [5, 5.41) is 5.43. The first kappa shape index (κ1) is 15.8.